The van der Waals surface area contributed by atoms with Crippen molar-refractivity contribution >= 4 is 0 Å². The van der Waals surface area contributed by atoms with Gasteiger partial charge in [0.05, 0.1) is 5.60 Å². The first kappa shape index (κ1) is 18.2. The van der Waals surface area contributed by atoms with Crippen molar-refractivity contribution in [1.82, 2.24) is 0 Å². The van der Waals surface area contributed by atoms with Gasteiger partial charge in [0.2, 0.25) is 0 Å². The number of aliphatic hydroxyl groups is 1. The zero-order valence-electron chi connectivity index (χ0n) is 14.7. The summed E-state index contributed by atoms with van der Waals surface area (Å²) in [7, 11) is 0. The first-order valence-electron chi connectivity index (χ1n) is 8.51. The highest BCUT2D eigenvalue weighted by Crippen LogP contribution is 2.28. The number of rotatable bonds is 4. The molecular formula is C20H34O. The molecule has 1 nitrogen and oxygen atoms in total. The minimum Gasteiger partial charge on any atom is -0.386 e. The van der Waals surface area contributed by atoms with Gasteiger partial charge in [-0.2, -0.15) is 0 Å². The Labute approximate surface area is 131 Å². The first-order chi connectivity index (χ1) is 9.80. The van der Waals surface area contributed by atoms with Crippen LogP contribution in [0.3, 0.4) is 0 Å². The summed E-state index contributed by atoms with van der Waals surface area (Å²) in [5, 5.41) is 10.4. The standard InChI is InChI=1S/C20H34O/c1-16(2)8-6-10-18(4)19-12-11-17(3)9-7-14-20(5,21)15-13-19/h8-9,13,15,18-19,21H,6-7,10-12,14H2,1-5H3/b15-13+,17-9+/t18-,19-,20+/m0/s1. The highest BCUT2D eigenvalue weighted by atomic mass is 16.3. The van der Waals surface area contributed by atoms with Crippen LogP contribution >= 0.6 is 0 Å². The van der Waals surface area contributed by atoms with Gasteiger partial charge in [-0.1, -0.05) is 42.4 Å². The van der Waals surface area contributed by atoms with E-state index in [9.17, 15) is 5.11 Å². The lowest BCUT2D eigenvalue weighted by atomic mass is 9.83. The minimum absolute atomic E-state index is 0.573. The third-order valence-electron chi connectivity index (χ3n) is 4.62. The summed E-state index contributed by atoms with van der Waals surface area (Å²) in [6, 6.07) is 0. The Kier molecular flexibility index (Phi) is 7.45. The molecule has 0 aromatic carbocycles. The van der Waals surface area contributed by atoms with Crippen molar-refractivity contribution < 1.29 is 5.11 Å². The van der Waals surface area contributed by atoms with E-state index in [-0.39, 0.29) is 0 Å². The molecule has 1 N–H and O–H groups in total. The average molecular weight is 290 g/mol. The smallest absolute Gasteiger partial charge is 0.0802 e. The Morgan fingerprint density at radius 1 is 1.48 bits per heavy atom. The van der Waals surface area contributed by atoms with Crippen LogP contribution in [-0.2, 0) is 0 Å². The summed E-state index contributed by atoms with van der Waals surface area (Å²) in [5.74, 6) is 1.24. The molecule has 0 radical (unpaired) electrons. The van der Waals surface area contributed by atoms with Crippen molar-refractivity contribution in [2.45, 2.75) is 78.7 Å². The van der Waals surface area contributed by atoms with Crippen LogP contribution in [0, 0.1) is 11.8 Å². The zero-order chi connectivity index (χ0) is 15.9. The molecular weight excluding hydrogens is 256 g/mol. The van der Waals surface area contributed by atoms with Gasteiger partial charge in [-0.15, -0.1) is 0 Å². The summed E-state index contributed by atoms with van der Waals surface area (Å²) in [6.45, 7) is 10.8. The van der Waals surface area contributed by atoms with Crippen LogP contribution in [0.5, 0.6) is 0 Å². The molecule has 0 saturated carbocycles. The fourth-order valence-electron chi connectivity index (χ4n) is 2.94. The monoisotopic (exact) mass is 290 g/mol. The van der Waals surface area contributed by atoms with Gasteiger partial charge < -0.3 is 5.11 Å². The van der Waals surface area contributed by atoms with E-state index in [2.05, 4.69) is 45.9 Å². The minimum atomic E-state index is -0.661. The maximum atomic E-state index is 10.4. The van der Waals surface area contributed by atoms with Crippen LogP contribution in [0.1, 0.15) is 73.1 Å². The van der Waals surface area contributed by atoms with Gasteiger partial charge >= 0.3 is 0 Å². The largest absolute Gasteiger partial charge is 0.386 e. The van der Waals surface area contributed by atoms with E-state index in [0.717, 1.165) is 12.8 Å². The molecule has 0 amide bonds. The van der Waals surface area contributed by atoms with E-state index >= 15 is 0 Å². The molecule has 0 aliphatic heterocycles. The van der Waals surface area contributed by atoms with Gasteiger partial charge in [0.25, 0.3) is 0 Å². The van der Waals surface area contributed by atoms with Crippen LogP contribution < -0.4 is 0 Å². The predicted octanol–water partition coefficient (Wildman–Crippen LogP) is 5.81. The van der Waals surface area contributed by atoms with Crippen LogP contribution in [-0.4, -0.2) is 10.7 Å². The van der Waals surface area contributed by atoms with Crippen LogP contribution in [0.2, 0.25) is 0 Å². The van der Waals surface area contributed by atoms with Crippen molar-refractivity contribution in [3.8, 4) is 0 Å². The van der Waals surface area contributed by atoms with Gasteiger partial charge in [-0.25, -0.2) is 0 Å². The highest BCUT2D eigenvalue weighted by molar-refractivity contribution is 5.07. The molecule has 21 heavy (non-hydrogen) atoms. The molecule has 120 valence electrons. The van der Waals surface area contributed by atoms with Gasteiger partial charge in [0.15, 0.2) is 0 Å². The molecule has 0 saturated heterocycles. The second-order valence-corrected chi connectivity index (χ2v) is 7.34. The normalized spacial score (nSPS) is 32.7. The van der Waals surface area contributed by atoms with Crippen molar-refractivity contribution in [3.63, 3.8) is 0 Å². The highest BCUT2D eigenvalue weighted by Gasteiger charge is 2.20. The summed E-state index contributed by atoms with van der Waals surface area (Å²) in [5.41, 5.74) is 2.22. The maximum absolute atomic E-state index is 10.4. The second kappa shape index (κ2) is 8.58. The predicted molar refractivity (Wildman–Crippen MR) is 93.3 cm³/mol. The molecule has 0 fully saturated rings. The van der Waals surface area contributed by atoms with Crippen molar-refractivity contribution in [2.75, 3.05) is 0 Å². The third-order valence-corrected chi connectivity index (χ3v) is 4.62. The Bertz CT molecular complexity index is 394. The van der Waals surface area contributed by atoms with Crippen molar-refractivity contribution in [1.29, 1.82) is 0 Å². The second-order valence-electron chi connectivity index (χ2n) is 7.34. The molecule has 0 bridgehead atoms. The topological polar surface area (TPSA) is 20.2 Å². The number of allylic oxidation sites excluding steroid dienone is 5. The van der Waals surface area contributed by atoms with E-state index < -0.39 is 5.60 Å². The molecule has 0 aromatic heterocycles. The van der Waals surface area contributed by atoms with E-state index in [1.54, 1.807) is 0 Å². The summed E-state index contributed by atoms with van der Waals surface area (Å²) in [6.07, 6.45) is 15.5. The molecule has 1 aliphatic rings. The van der Waals surface area contributed by atoms with Crippen molar-refractivity contribution in [3.05, 3.63) is 35.5 Å². The molecule has 0 unspecified atom stereocenters. The summed E-state index contributed by atoms with van der Waals surface area (Å²) < 4.78 is 0. The molecule has 0 aromatic rings. The van der Waals surface area contributed by atoms with E-state index in [0.29, 0.717) is 11.8 Å². The summed E-state index contributed by atoms with van der Waals surface area (Å²) >= 11 is 0. The van der Waals surface area contributed by atoms with Crippen LogP contribution in [0.25, 0.3) is 0 Å². The van der Waals surface area contributed by atoms with Crippen LogP contribution in [0.4, 0.5) is 0 Å². The maximum Gasteiger partial charge on any atom is 0.0802 e. The average Bonchev–Trinajstić information content (AvgIpc) is 2.37. The third kappa shape index (κ3) is 7.66. The fourth-order valence-corrected chi connectivity index (χ4v) is 2.94. The molecule has 3 atom stereocenters. The molecule has 0 heterocycles. The Hall–Kier alpha value is -0.820. The zero-order valence-corrected chi connectivity index (χ0v) is 14.7. The fraction of sp³-hybridized carbons (Fsp3) is 0.700. The SMILES string of the molecule is CC(C)=CCC[C@H](C)[C@@H]1/C=C/[C@](C)(O)CC/C=C(\C)CC1. The van der Waals surface area contributed by atoms with E-state index in [1.807, 2.05) is 13.0 Å². The quantitative estimate of drug-likeness (QED) is 0.647. The van der Waals surface area contributed by atoms with Gasteiger partial charge in [0.1, 0.15) is 0 Å². The Morgan fingerprint density at radius 2 is 2.19 bits per heavy atom. The van der Waals surface area contributed by atoms with Crippen LogP contribution in [0.15, 0.2) is 35.5 Å². The summed E-state index contributed by atoms with van der Waals surface area (Å²) in [4.78, 5) is 0. The van der Waals surface area contributed by atoms with Crippen molar-refractivity contribution in [2.24, 2.45) is 11.8 Å². The lowest BCUT2D eigenvalue weighted by Gasteiger charge is -2.25. The van der Waals surface area contributed by atoms with E-state index in [4.69, 9.17) is 0 Å². The van der Waals surface area contributed by atoms with Gasteiger partial charge in [0, 0.05) is 0 Å². The molecule has 0 spiro atoms. The Morgan fingerprint density at radius 3 is 2.86 bits per heavy atom. The Balaban J connectivity index is 2.71. The first-order valence-corrected chi connectivity index (χ1v) is 8.51. The molecule has 1 heteroatoms. The molecule has 1 rings (SSSR count). The molecule has 1 aliphatic carbocycles. The van der Waals surface area contributed by atoms with Gasteiger partial charge in [-0.3, -0.25) is 0 Å². The van der Waals surface area contributed by atoms with E-state index in [1.165, 1.54) is 36.8 Å². The number of hydrogen-bond donors (Lipinski definition) is 1. The number of hydrogen-bond acceptors (Lipinski definition) is 1. The lowest BCUT2D eigenvalue weighted by molar-refractivity contribution is 0.102. The van der Waals surface area contributed by atoms with Gasteiger partial charge in [-0.05, 0) is 78.1 Å². The lowest BCUT2D eigenvalue weighted by Crippen LogP contribution is -2.22.